The maximum absolute atomic E-state index is 12.0. The summed E-state index contributed by atoms with van der Waals surface area (Å²) in [5.41, 5.74) is 0.634. The van der Waals surface area contributed by atoms with Gasteiger partial charge in [-0.05, 0) is 18.9 Å². The first kappa shape index (κ1) is 14.0. The van der Waals surface area contributed by atoms with Gasteiger partial charge in [-0.15, -0.1) is 0 Å². The van der Waals surface area contributed by atoms with Crippen LogP contribution in [0, 0.1) is 0 Å². The molecule has 112 valence electrons. The minimum atomic E-state index is -3.59. The quantitative estimate of drug-likeness (QED) is 0.822. The van der Waals surface area contributed by atoms with E-state index in [0.717, 1.165) is 25.9 Å². The zero-order valence-corrected chi connectivity index (χ0v) is 12.2. The normalized spacial score (nSPS) is 15.5. The van der Waals surface area contributed by atoms with E-state index < -0.39 is 10.0 Å². The van der Waals surface area contributed by atoms with Crippen LogP contribution < -0.4 is 9.62 Å². The SMILES string of the molecule is O=S(=O)(NCc1ccnc(N2CCCC2)n1)c1cnc[nH]1. The van der Waals surface area contributed by atoms with Gasteiger partial charge in [-0.1, -0.05) is 0 Å². The van der Waals surface area contributed by atoms with Crippen LogP contribution in [0.3, 0.4) is 0 Å². The number of hydrogen-bond donors (Lipinski definition) is 2. The summed E-state index contributed by atoms with van der Waals surface area (Å²) in [5.74, 6) is 0.658. The lowest BCUT2D eigenvalue weighted by molar-refractivity contribution is 0.577. The molecule has 2 aromatic rings. The third-order valence-electron chi connectivity index (χ3n) is 3.30. The molecule has 8 nitrogen and oxygen atoms in total. The predicted octanol–water partition coefficient (Wildman–Crippen LogP) is 0.278. The number of H-pyrrole nitrogens is 1. The van der Waals surface area contributed by atoms with E-state index in [4.69, 9.17) is 0 Å². The number of imidazole rings is 1. The van der Waals surface area contributed by atoms with Gasteiger partial charge >= 0.3 is 0 Å². The Kier molecular flexibility index (Phi) is 3.84. The Morgan fingerprint density at radius 1 is 1.33 bits per heavy atom. The smallest absolute Gasteiger partial charge is 0.257 e. The van der Waals surface area contributed by atoms with Gasteiger partial charge in [-0.2, -0.15) is 0 Å². The highest BCUT2D eigenvalue weighted by molar-refractivity contribution is 7.89. The molecule has 21 heavy (non-hydrogen) atoms. The molecule has 0 amide bonds. The van der Waals surface area contributed by atoms with Crippen molar-refractivity contribution in [1.29, 1.82) is 0 Å². The number of sulfonamides is 1. The molecule has 2 aromatic heterocycles. The summed E-state index contributed by atoms with van der Waals surface area (Å²) in [6.07, 6.45) is 6.52. The van der Waals surface area contributed by atoms with E-state index in [9.17, 15) is 8.42 Å². The van der Waals surface area contributed by atoms with E-state index in [1.165, 1.54) is 12.5 Å². The van der Waals surface area contributed by atoms with Gasteiger partial charge in [0.1, 0.15) is 0 Å². The van der Waals surface area contributed by atoms with Crippen molar-refractivity contribution in [2.45, 2.75) is 24.4 Å². The summed E-state index contributed by atoms with van der Waals surface area (Å²) < 4.78 is 26.4. The summed E-state index contributed by atoms with van der Waals surface area (Å²) >= 11 is 0. The highest BCUT2D eigenvalue weighted by Crippen LogP contribution is 2.15. The summed E-state index contributed by atoms with van der Waals surface area (Å²) in [6.45, 7) is 2.01. The van der Waals surface area contributed by atoms with Crippen molar-refractivity contribution < 1.29 is 8.42 Å². The van der Waals surface area contributed by atoms with Crippen molar-refractivity contribution >= 4 is 16.0 Å². The van der Waals surface area contributed by atoms with Gasteiger partial charge in [0.05, 0.1) is 24.8 Å². The van der Waals surface area contributed by atoms with Crippen molar-refractivity contribution in [1.82, 2.24) is 24.7 Å². The Morgan fingerprint density at radius 2 is 2.14 bits per heavy atom. The molecular weight excluding hydrogens is 292 g/mol. The second-order valence-corrected chi connectivity index (χ2v) is 6.52. The van der Waals surface area contributed by atoms with Gasteiger partial charge in [0.25, 0.3) is 10.0 Å². The predicted molar refractivity (Wildman–Crippen MR) is 76.1 cm³/mol. The van der Waals surface area contributed by atoms with E-state index >= 15 is 0 Å². The Morgan fingerprint density at radius 3 is 2.86 bits per heavy atom. The lowest BCUT2D eigenvalue weighted by Crippen LogP contribution is -2.25. The van der Waals surface area contributed by atoms with E-state index in [-0.39, 0.29) is 11.6 Å². The van der Waals surface area contributed by atoms with E-state index in [1.807, 2.05) is 0 Å². The third kappa shape index (κ3) is 3.19. The maximum atomic E-state index is 12.0. The van der Waals surface area contributed by atoms with Crippen LogP contribution in [-0.2, 0) is 16.6 Å². The lowest BCUT2D eigenvalue weighted by Gasteiger charge is -2.15. The molecule has 1 saturated heterocycles. The topological polar surface area (TPSA) is 104 Å². The number of aromatic amines is 1. The van der Waals surface area contributed by atoms with Crippen LogP contribution in [-0.4, -0.2) is 41.4 Å². The standard InChI is InChI=1S/C12H16N6O2S/c19-21(20,11-8-13-9-15-11)16-7-10-3-4-14-12(17-10)18-5-1-2-6-18/h3-4,8-9,16H,1-2,5-7H2,(H,13,15). The van der Waals surface area contributed by atoms with Crippen molar-refractivity contribution in [3.05, 3.63) is 30.5 Å². The maximum Gasteiger partial charge on any atom is 0.257 e. The fourth-order valence-electron chi connectivity index (χ4n) is 2.19. The molecule has 2 N–H and O–H groups in total. The first-order valence-corrected chi connectivity index (χ1v) is 8.18. The van der Waals surface area contributed by atoms with Crippen molar-refractivity contribution in [2.24, 2.45) is 0 Å². The molecule has 0 atom stereocenters. The molecule has 1 aliphatic heterocycles. The van der Waals surface area contributed by atoms with Crippen molar-refractivity contribution in [3.8, 4) is 0 Å². The summed E-state index contributed by atoms with van der Waals surface area (Å²) in [6, 6.07) is 1.70. The summed E-state index contributed by atoms with van der Waals surface area (Å²) in [7, 11) is -3.59. The zero-order valence-electron chi connectivity index (χ0n) is 11.4. The first-order chi connectivity index (χ1) is 10.1. The Balaban J connectivity index is 1.69. The third-order valence-corrected chi connectivity index (χ3v) is 4.62. The fourth-order valence-corrected chi connectivity index (χ4v) is 3.09. The summed E-state index contributed by atoms with van der Waals surface area (Å²) in [5, 5.41) is 0.0383. The van der Waals surface area contributed by atoms with Crippen LogP contribution in [0.15, 0.2) is 29.8 Å². The van der Waals surface area contributed by atoms with Crippen molar-refractivity contribution in [3.63, 3.8) is 0 Å². The molecular formula is C12H16N6O2S. The lowest BCUT2D eigenvalue weighted by atomic mass is 10.4. The fraction of sp³-hybridized carbons (Fsp3) is 0.417. The number of aromatic nitrogens is 4. The average Bonchev–Trinajstić information content (AvgIpc) is 3.18. The van der Waals surface area contributed by atoms with Gasteiger partial charge in [0, 0.05) is 19.3 Å². The second-order valence-electron chi connectivity index (χ2n) is 4.78. The summed E-state index contributed by atoms with van der Waals surface area (Å²) in [4.78, 5) is 17.0. The van der Waals surface area contributed by atoms with Gasteiger partial charge < -0.3 is 9.88 Å². The van der Waals surface area contributed by atoms with Crippen LogP contribution in [0.1, 0.15) is 18.5 Å². The number of rotatable bonds is 5. The molecule has 0 aromatic carbocycles. The van der Waals surface area contributed by atoms with Gasteiger partial charge in [0.2, 0.25) is 5.95 Å². The highest BCUT2D eigenvalue weighted by Gasteiger charge is 2.17. The second kappa shape index (κ2) is 5.78. The number of anilines is 1. The molecule has 1 fully saturated rings. The van der Waals surface area contributed by atoms with Crippen LogP contribution >= 0.6 is 0 Å². The molecule has 0 radical (unpaired) electrons. The minimum Gasteiger partial charge on any atom is -0.341 e. The average molecular weight is 308 g/mol. The van der Waals surface area contributed by atoms with Crippen LogP contribution in [0.25, 0.3) is 0 Å². The molecule has 0 aliphatic carbocycles. The molecule has 3 rings (SSSR count). The molecule has 0 unspecified atom stereocenters. The molecule has 3 heterocycles. The monoisotopic (exact) mass is 308 g/mol. The van der Waals surface area contributed by atoms with Crippen molar-refractivity contribution in [2.75, 3.05) is 18.0 Å². The number of nitrogens with one attached hydrogen (secondary N) is 2. The minimum absolute atomic E-state index is 0.0383. The van der Waals surface area contributed by atoms with Gasteiger partial charge in [0.15, 0.2) is 5.03 Å². The van der Waals surface area contributed by atoms with E-state index in [0.29, 0.717) is 11.6 Å². The zero-order chi connectivity index (χ0) is 14.7. The van der Waals surface area contributed by atoms with Gasteiger partial charge in [-0.3, -0.25) is 0 Å². The largest absolute Gasteiger partial charge is 0.341 e. The van der Waals surface area contributed by atoms with Crippen LogP contribution in [0.5, 0.6) is 0 Å². The highest BCUT2D eigenvalue weighted by atomic mass is 32.2. The van der Waals surface area contributed by atoms with E-state index in [2.05, 4.69) is 29.6 Å². The molecule has 0 bridgehead atoms. The Hall–Kier alpha value is -2.00. The van der Waals surface area contributed by atoms with Crippen LogP contribution in [0.4, 0.5) is 5.95 Å². The first-order valence-electron chi connectivity index (χ1n) is 6.70. The molecule has 1 aliphatic rings. The van der Waals surface area contributed by atoms with Crippen LogP contribution in [0.2, 0.25) is 0 Å². The Labute approximate surface area is 122 Å². The molecule has 9 heteroatoms. The van der Waals surface area contributed by atoms with Gasteiger partial charge in [-0.25, -0.2) is 28.1 Å². The number of hydrogen-bond acceptors (Lipinski definition) is 6. The molecule has 0 saturated carbocycles. The Bertz CT molecular complexity index is 694. The van der Waals surface area contributed by atoms with E-state index in [1.54, 1.807) is 12.3 Å². The number of nitrogens with zero attached hydrogens (tertiary/aromatic N) is 4. The molecule has 0 spiro atoms.